The maximum atomic E-state index is 12.1. The second-order valence-corrected chi connectivity index (χ2v) is 7.93. The third-order valence-electron chi connectivity index (χ3n) is 5.28. The van der Waals surface area contributed by atoms with Crippen molar-refractivity contribution in [3.05, 3.63) is 107 Å². The Balaban J connectivity index is 1.34. The van der Waals surface area contributed by atoms with Crippen molar-refractivity contribution in [3.63, 3.8) is 0 Å². The molecule has 32 heavy (non-hydrogen) atoms. The molecule has 3 aromatic carbocycles. The Morgan fingerprint density at radius 3 is 1.81 bits per heavy atom. The summed E-state index contributed by atoms with van der Waals surface area (Å²) >= 11 is 0. The van der Waals surface area contributed by atoms with Crippen LogP contribution in [-0.4, -0.2) is 17.9 Å². The van der Waals surface area contributed by atoms with Crippen molar-refractivity contribution in [1.82, 2.24) is 5.48 Å². The number of hydrogen-bond acceptors (Lipinski definition) is 4. The van der Waals surface area contributed by atoms with Crippen LogP contribution in [0.4, 0.5) is 0 Å². The molecule has 5 heteroatoms. The van der Waals surface area contributed by atoms with Crippen LogP contribution in [0.2, 0.25) is 0 Å². The van der Waals surface area contributed by atoms with Gasteiger partial charge in [0.25, 0.3) is 5.91 Å². The highest BCUT2D eigenvalue weighted by Crippen LogP contribution is 2.11. The van der Waals surface area contributed by atoms with Gasteiger partial charge in [-0.3, -0.25) is 4.79 Å². The van der Waals surface area contributed by atoms with Crippen molar-refractivity contribution < 1.29 is 14.4 Å². The molecule has 3 rings (SSSR count). The van der Waals surface area contributed by atoms with E-state index in [-0.39, 0.29) is 12.3 Å². The summed E-state index contributed by atoms with van der Waals surface area (Å²) in [5.41, 5.74) is 12.5. The Morgan fingerprint density at radius 1 is 0.719 bits per heavy atom. The van der Waals surface area contributed by atoms with Crippen LogP contribution in [0.25, 0.3) is 0 Å². The minimum atomic E-state index is -0.834. The summed E-state index contributed by atoms with van der Waals surface area (Å²) in [6, 6.07) is 27.1. The van der Waals surface area contributed by atoms with Gasteiger partial charge in [-0.05, 0) is 54.4 Å². The molecule has 166 valence electrons. The van der Waals surface area contributed by atoms with Crippen molar-refractivity contribution in [2.24, 2.45) is 5.73 Å². The number of benzene rings is 3. The Morgan fingerprint density at radius 2 is 1.22 bits per heavy atom. The lowest BCUT2D eigenvalue weighted by Gasteiger charge is -2.11. The van der Waals surface area contributed by atoms with Gasteiger partial charge in [-0.15, -0.1) is 0 Å². The van der Waals surface area contributed by atoms with Gasteiger partial charge in [0.2, 0.25) is 0 Å². The molecule has 0 saturated carbocycles. The Hall–Kier alpha value is -3.44. The van der Waals surface area contributed by atoms with Crippen LogP contribution in [-0.2, 0) is 40.1 Å². The molecule has 0 fully saturated rings. The second-order valence-electron chi connectivity index (χ2n) is 7.93. The number of aryl methyl sites for hydroxylation is 2. The Labute approximate surface area is 189 Å². The molecular weight excluding hydrogens is 400 g/mol. The van der Waals surface area contributed by atoms with Crippen LogP contribution in [0.3, 0.4) is 0 Å². The zero-order valence-electron chi connectivity index (χ0n) is 18.2. The molecule has 0 unspecified atom stereocenters. The molecule has 0 aliphatic carbocycles. The van der Waals surface area contributed by atoms with Gasteiger partial charge in [0.15, 0.2) is 0 Å². The van der Waals surface area contributed by atoms with E-state index < -0.39 is 12.0 Å². The van der Waals surface area contributed by atoms with Crippen LogP contribution in [0, 0.1) is 0 Å². The zero-order chi connectivity index (χ0) is 22.6. The predicted octanol–water partition coefficient (Wildman–Crippen LogP) is 3.94. The lowest BCUT2D eigenvalue weighted by Crippen LogP contribution is -2.39. The van der Waals surface area contributed by atoms with Crippen molar-refractivity contribution in [3.8, 4) is 0 Å². The van der Waals surface area contributed by atoms with Gasteiger partial charge in [0, 0.05) is 0 Å². The van der Waals surface area contributed by atoms with Gasteiger partial charge in [0.05, 0.1) is 6.42 Å². The summed E-state index contributed by atoms with van der Waals surface area (Å²) in [5.74, 6) is -1.05. The normalized spacial score (nSPS) is 11.5. The van der Waals surface area contributed by atoms with E-state index in [1.54, 1.807) is 0 Å². The summed E-state index contributed by atoms with van der Waals surface area (Å²) in [7, 11) is 0. The van der Waals surface area contributed by atoms with Crippen LogP contribution in [0.15, 0.2) is 84.9 Å². The predicted molar refractivity (Wildman–Crippen MR) is 126 cm³/mol. The monoisotopic (exact) mass is 430 g/mol. The van der Waals surface area contributed by atoms with Crippen LogP contribution in [0.5, 0.6) is 0 Å². The second kappa shape index (κ2) is 12.4. The first-order chi connectivity index (χ1) is 15.6. The van der Waals surface area contributed by atoms with E-state index in [0.717, 1.165) is 36.8 Å². The fourth-order valence-corrected chi connectivity index (χ4v) is 3.48. The number of hydrogen-bond donors (Lipinski definition) is 2. The molecule has 0 spiro atoms. The van der Waals surface area contributed by atoms with Crippen molar-refractivity contribution in [1.29, 1.82) is 0 Å². The number of amides is 1. The first-order valence-corrected chi connectivity index (χ1v) is 11.0. The van der Waals surface area contributed by atoms with E-state index in [1.165, 1.54) is 11.1 Å². The lowest BCUT2D eigenvalue weighted by atomic mass is 10.0. The quantitative estimate of drug-likeness (QED) is 0.377. The third kappa shape index (κ3) is 8.00. The average molecular weight is 431 g/mol. The molecular formula is C27H30N2O3. The van der Waals surface area contributed by atoms with E-state index >= 15 is 0 Å². The fraction of sp³-hybridized carbons (Fsp3) is 0.259. The minimum Gasteiger partial charge on any atom is -0.339 e. The molecule has 0 aromatic heterocycles. The first kappa shape index (κ1) is 23.2. The number of rotatable bonds is 10. The van der Waals surface area contributed by atoms with Crippen molar-refractivity contribution in [2.45, 2.75) is 44.6 Å². The smallest absolute Gasteiger partial charge is 0.339 e. The molecule has 5 nitrogen and oxygen atoms in total. The van der Waals surface area contributed by atoms with Crippen LogP contribution in [0.1, 0.15) is 35.1 Å². The molecule has 0 aliphatic heterocycles. The number of carbonyl (C=O) groups excluding carboxylic acids is 2. The topological polar surface area (TPSA) is 81.4 Å². The van der Waals surface area contributed by atoms with Gasteiger partial charge in [-0.2, -0.15) is 5.48 Å². The van der Waals surface area contributed by atoms with E-state index in [2.05, 4.69) is 29.7 Å². The van der Waals surface area contributed by atoms with E-state index in [0.29, 0.717) is 6.42 Å². The highest BCUT2D eigenvalue weighted by molar-refractivity contribution is 5.81. The van der Waals surface area contributed by atoms with E-state index in [1.807, 2.05) is 60.7 Å². The number of hydroxylamine groups is 1. The molecule has 0 bridgehead atoms. The molecule has 3 N–H and O–H groups in total. The minimum absolute atomic E-state index is 0.134. The van der Waals surface area contributed by atoms with Gasteiger partial charge >= 0.3 is 5.97 Å². The van der Waals surface area contributed by atoms with Crippen LogP contribution >= 0.6 is 0 Å². The van der Waals surface area contributed by atoms with Gasteiger partial charge < -0.3 is 10.6 Å². The molecule has 0 radical (unpaired) electrons. The first-order valence-electron chi connectivity index (χ1n) is 11.0. The van der Waals surface area contributed by atoms with Crippen molar-refractivity contribution >= 4 is 11.9 Å². The molecule has 0 aliphatic rings. The summed E-state index contributed by atoms with van der Waals surface area (Å²) in [6.07, 6.45) is 4.85. The summed E-state index contributed by atoms with van der Waals surface area (Å²) in [4.78, 5) is 29.0. The van der Waals surface area contributed by atoms with Gasteiger partial charge in [0.1, 0.15) is 6.04 Å². The SMILES string of the molecule is N[C@@H](Cc1ccccc1)C(=O)ONC(=O)Cc1ccc(CCCCc2ccccc2)cc1. The standard InChI is InChI=1S/C27H30N2O3/c28-25(19-23-13-5-2-6-14-23)27(31)32-29-26(30)20-24-17-15-22(16-18-24)12-8-7-11-21-9-3-1-4-10-21/h1-6,9-10,13-18,25H,7-8,11-12,19-20,28H2,(H,29,30)/t25-/m0/s1. The zero-order valence-corrected chi connectivity index (χ0v) is 18.2. The summed E-state index contributed by atoms with van der Waals surface area (Å²) < 4.78 is 0. The molecule has 1 amide bonds. The lowest BCUT2D eigenvalue weighted by molar-refractivity contribution is -0.159. The molecule has 0 saturated heterocycles. The summed E-state index contributed by atoms with van der Waals surface area (Å²) in [5, 5.41) is 0. The maximum absolute atomic E-state index is 12.1. The fourth-order valence-electron chi connectivity index (χ4n) is 3.48. The molecule has 0 heterocycles. The number of carbonyl (C=O) groups is 2. The van der Waals surface area contributed by atoms with Gasteiger partial charge in [-0.25, -0.2) is 4.79 Å². The number of nitrogens with two attached hydrogens (primary N) is 1. The highest BCUT2D eigenvalue weighted by atomic mass is 16.7. The van der Waals surface area contributed by atoms with Gasteiger partial charge in [-0.1, -0.05) is 84.9 Å². The molecule has 1 atom stereocenters. The summed E-state index contributed by atoms with van der Waals surface area (Å²) in [6.45, 7) is 0. The van der Waals surface area contributed by atoms with Crippen LogP contribution < -0.4 is 11.2 Å². The maximum Gasteiger partial charge on any atom is 0.349 e. The largest absolute Gasteiger partial charge is 0.349 e. The Kier molecular flexibility index (Phi) is 9.02. The van der Waals surface area contributed by atoms with E-state index in [4.69, 9.17) is 10.6 Å². The number of unbranched alkanes of at least 4 members (excludes halogenated alkanes) is 1. The Bertz CT molecular complexity index is 973. The van der Waals surface area contributed by atoms with Crippen molar-refractivity contribution in [2.75, 3.05) is 0 Å². The third-order valence-corrected chi connectivity index (χ3v) is 5.28. The molecule has 3 aromatic rings. The highest BCUT2D eigenvalue weighted by Gasteiger charge is 2.17. The number of nitrogens with one attached hydrogen (secondary N) is 1. The average Bonchev–Trinajstić information content (AvgIpc) is 2.82. The van der Waals surface area contributed by atoms with E-state index in [9.17, 15) is 9.59 Å².